The summed E-state index contributed by atoms with van der Waals surface area (Å²) in [6.45, 7) is 4.00. The summed E-state index contributed by atoms with van der Waals surface area (Å²) in [4.78, 5) is 29.8. The van der Waals surface area contributed by atoms with Crippen LogP contribution in [0.2, 0.25) is 5.02 Å². The number of ether oxygens (including phenoxy) is 2. The number of phenolic OH excluding ortho intramolecular Hbond substituents is 1. The fourth-order valence-electron chi connectivity index (χ4n) is 4.97. The standard InChI is InChI=1S/C25H30ClN3O5/c1-25(18-9-11-28(12-10-18)14-17-13-19(26)7-8-20(17)30)23(31)29(24(32)27-25)15-16-5-4-6-21(33-2)22(16)34-3/h4-8,13,18,30H,9-12,14-15H2,1-3H3,(H,27,32). The minimum Gasteiger partial charge on any atom is -0.508 e. The molecule has 8 nitrogen and oxygen atoms in total. The fraction of sp³-hybridized carbons (Fsp3) is 0.440. The number of para-hydroxylation sites is 1. The van der Waals surface area contributed by atoms with E-state index in [9.17, 15) is 14.7 Å². The SMILES string of the molecule is COc1cccc(CN2C(=O)NC(C)(C3CCN(Cc4cc(Cl)ccc4O)CC3)C2=O)c1OC. The zero-order valence-corrected chi connectivity index (χ0v) is 20.4. The molecule has 3 amide bonds. The van der Waals surface area contributed by atoms with E-state index in [0.717, 1.165) is 31.5 Å². The predicted octanol–water partition coefficient (Wildman–Crippen LogP) is 3.79. The van der Waals surface area contributed by atoms with E-state index in [0.29, 0.717) is 28.6 Å². The molecule has 2 aliphatic heterocycles. The van der Waals surface area contributed by atoms with Crippen LogP contribution < -0.4 is 14.8 Å². The fourth-order valence-corrected chi connectivity index (χ4v) is 5.17. The minimum absolute atomic E-state index is 0.00497. The average molecular weight is 488 g/mol. The van der Waals surface area contributed by atoms with Gasteiger partial charge < -0.3 is 19.9 Å². The first-order valence-electron chi connectivity index (χ1n) is 11.3. The van der Waals surface area contributed by atoms with E-state index >= 15 is 0 Å². The number of urea groups is 1. The van der Waals surface area contributed by atoms with Crippen molar-refractivity contribution in [2.45, 2.75) is 38.4 Å². The van der Waals surface area contributed by atoms with Crippen LogP contribution in [0.5, 0.6) is 17.2 Å². The third kappa shape index (κ3) is 4.52. The van der Waals surface area contributed by atoms with Gasteiger partial charge >= 0.3 is 6.03 Å². The Morgan fingerprint density at radius 3 is 2.50 bits per heavy atom. The molecule has 2 aromatic rings. The molecule has 2 aromatic carbocycles. The molecule has 9 heteroatoms. The summed E-state index contributed by atoms with van der Waals surface area (Å²) < 4.78 is 10.8. The van der Waals surface area contributed by atoms with Crippen molar-refractivity contribution in [2.24, 2.45) is 5.92 Å². The van der Waals surface area contributed by atoms with Gasteiger partial charge in [-0.2, -0.15) is 0 Å². The van der Waals surface area contributed by atoms with Crippen LogP contribution in [0.3, 0.4) is 0 Å². The summed E-state index contributed by atoms with van der Waals surface area (Å²) in [7, 11) is 3.08. The second-order valence-electron chi connectivity index (χ2n) is 9.00. The van der Waals surface area contributed by atoms with Gasteiger partial charge in [0.05, 0.1) is 20.8 Å². The molecule has 2 aliphatic rings. The first-order valence-corrected chi connectivity index (χ1v) is 11.7. The lowest BCUT2D eigenvalue weighted by atomic mass is 9.78. The number of amides is 3. The molecule has 0 aromatic heterocycles. The number of hydrogen-bond acceptors (Lipinski definition) is 6. The van der Waals surface area contributed by atoms with Gasteiger partial charge in [-0.1, -0.05) is 23.7 Å². The van der Waals surface area contributed by atoms with E-state index in [1.165, 1.54) is 12.0 Å². The van der Waals surface area contributed by atoms with Gasteiger partial charge in [0.15, 0.2) is 11.5 Å². The van der Waals surface area contributed by atoms with Crippen LogP contribution in [0.25, 0.3) is 0 Å². The highest BCUT2D eigenvalue weighted by atomic mass is 35.5. The maximum Gasteiger partial charge on any atom is 0.325 e. The van der Waals surface area contributed by atoms with Gasteiger partial charge in [-0.15, -0.1) is 0 Å². The maximum atomic E-state index is 13.5. The zero-order valence-electron chi connectivity index (χ0n) is 19.6. The van der Waals surface area contributed by atoms with Crippen LogP contribution in [0.15, 0.2) is 36.4 Å². The molecule has 4 rings (SSSR count). The zero-order chi connectivity index (χ0) is 24.5. The van der Waals surface area contributed by atoms with Crippen molar-refractivity contribution >= 4 is 23.5 Å². The number of carbonyl (C=O) groups excluding carboxylic acids is 2. The van der Waals surface area contributed by atoms with Crippen LogP contribution in [-0.4, -0.2) is 59.7 Å². The number of phenols is 1. The number of nitrogens with zero attached hydrogens (tertiary/aromatic N) is 2. The number of nitrogens with one attached hydrogen (secondary N) is 1. The van der Waals surface area contributed by atoms with Crippen molar-refractivity contribution in [1.29, 1.82) is 0 Å². The molecule has 0 aliphatic carbocycles. The van der Waals surface area contributed by atoms with Crippen molar-refractivity contribution in [2.75, 3.05) is 27.3 Å². The monoisotopic (exact) mass is 487 g/mol. The Bertz CT molecular complexity index is 1090. The molecule has 1 atom stereocenters. The number of likely N-dealkylation sites (tertiary alicyclic amines) is 1. The first-order chi connectivity index (χ1) is 16.3. The molecular weight excluding hydrogens is 458 g/mol. The van der Waals surface area contributed by atoms with Crippen molar-refractivity contribution in [3.8, 4) is 17.2 Å². The Balaban J connectivity index is 1.43. The largest absolute Gasteiger partial charge is 0.508 e. The van der Waals surface area contributed by atoms with Gasteiger partial charge in [0.1, 0.15) is 11.3 Å². The summed E-state index contributed by atoms with van der Waals surface area (Å²) in [5.74, 6) is 1.06. The van der Waals surface area contributed by atoms with Gasteiger partial charge in [0.25, 0.3) is 5.91 Å². The highest BCUT2D eigenvalue weighted by Gasteiger charge is 2.52. The lowest BCUT2D eigenvalue weighted by Crippen LogP contribution is -2.53. The van der Waals surface area contributed by atoms with Gasteiger partial charge in [-0.05, 0) is 63.0 Å². The quantitative estimate of drug-likeness (QED) is 0.577. The molecule has 0 bridgehead atoms. The Morgan fingerprint density at radius 2 is 1.82 bits per heavy atom. The van der Waals surface area contributed by atoms with Crippen LogP contribution in [-0.2, 0) is 17.9 Å². The van der Waals surface area contributed by atoms with Crippen molar-refractivity contribution < 1.29 is 24.2 Å². The van der Waals surface area contributed by atoms with Crippen LogP contribution >= 0.6 is 11.6 Å². The first kappa shape index (κ1) is 24.2. The Kier molecular flexibility index (Phi) is 6.91. The molecule has 2 heterocycles. The molecule has 2 N–H and O–H groups in total. The lowest BCUT2D eigenvalue weighted by molar-refractivity contribution is -0.133. The van der Waals surface area contributed by atoms with Crippen LogP contribution in [0, 0.1) is 5.92 Å². The van der Waals surface area contributed by atoms with E-state index in [1.54, 1.807) is 31.4 Å². The minimum atomic E-state index is -0.965. The Morgan fingerprint density at radius 1 is 1.09 bits per heavy atom. The van der Waals surface area contributed by atoms with Crippen LogP contribution in [0.1, 0.15) is 30.9 Å². The number of halogens is 1. The predicted molar refractivity (Wildman–Crippen MR) is 128 cm³/mol. The second kappa shape index (κ2) is 9.72. The number of methoxy groups -OCH3 is 2. The summed E-state index contributed by atoms with van der Waals surface area (Å²) in [5, 5.41) is 13.7. The number of hydrogen-bond donors (Lipinski definition) is 2. The number of imide groups is 1. The summed E-state index contributed by atoms with van der Waals surface area (Å²) in [6, 6.07) is 10.0. The molecule has 2 fully saturated rings. The molecule has 0 saturated carbocycles. The smallest absolute Gasteiger partial charge is 0.325 e. The highest BCUT2D eigenvalue weighted by molar-refractivity contribution is 6.30. The van der Waals surface area contributed by atoms with Gasteiger partial charge in [-0.25, -0.2) is 4.79 Å². The van der Waals surface area contributed by atoms with E-state index in [2.05, 4.69) is 10.2 Å². The van der Waals surface area contributed by atoms with Gasteiger partial charge in [-0.3, -0.25) is 14.6 Å². The summed E-state index contributed by atoms with van der Waals surface area (Å²) in [6.07, 6.45) is 1.50. The van der Waals surface area contributed by atoms with E-state index < -0.39 is 11.6 Å². The molecule has 0 spiro atoms. The number of benzene rings is 2. The van der Waals surface area contributed by atoms with E-state index in [-0.39, 0.29) is 24.1 Å². The van der Waals surface area contributed by atoms with Gasteiger partial charge in [0.2, 0.25) is 0 Å². The third-order valence-electron chi connectivity index (χ3n) is 6.95. The highest BCUT2D eigenvalue weighted by Crippen LogP contribution is 2.37. The van der Waals surface area contributed by atoms with Gasteiger partial charge in [0, 0.05) is 22.7 Å². The van der Waals surface area contributed by atoms with E-state index in [1.807, 2.05) is 19.1 Å². The second-order valence-corrected chi connectivity index (χ2v) is 9.44. The maximum absolute atomic E-state index is 13.5. The Hall–Kier alpha value is -2.97. The number of piperidine rings is 1. The van der Waals surface area contributed by atoms with E-state index in [4.69, 9.17) is 21.1 Å². The molecule has 182 valence electrons. The summed E-state index contributed by atoms with van der Waals surface area (Å²) in [5.41, 5.74) is 0.513. The molecular formula is C25H30ClN3O5. The normalized spacial score (nSPS) is 21.6. The van der Waals surface area contributed by atoms with Crippen molar-refractivity contribution in [1.82, 2.24) is 15.1 Å². The van der Waals surface area contributed by atoms with Crippen LogP contribution in [0.4, 0.5) is 4.79 Å². The molecule has 1 unspecified atom stereocenters. The van der Waals surface area contributed by atoms with Crippen molar-refractivity contribution in [3.63, 3.8) is 0 Å². The molecule has 0 radical (unpaired) electrons. The molecule has 2 saturated heterocycles. The number of rotatable bonds is 7. The third-order valence-corrected chi connectivity index (χ3v) is 7.19. The lowest BCUT2D eigenvalue weighted by Gasteiger charge is -2.39. The summed E-state index contributed by atoms with van der Waals surface area (Å²) >= 11 is 6.07. The average Bonchev–Trinajstić information content (AvgIpc) is 3.05. The van der Waals surface area contributed by atoms with Crippen molar-refractivity contribution in [3.05, 3.63) is 52.5 Å². The number of aromatic hydroxyl groups is 1. The topological polar surface area (TPSA) is 91.3 Å². The number of carbonyl (C=O) groups is 2. The Labute approximate surface area is 204 Å². The molecule has 34 heavy (non-hydrogen) atoms.